The van der Waals surface area contributed by atoms with E-state index < -0.39 is 0 Å². The summed E-state index contributed by atoms with van der Waals surface area (Å²) < 4.78 is 5.55. The molecule has 1 unspecified atom stereocenters. The zero-order valence-corrected chi connectivity index (χ0v) is 12.0. The van der Waals surface area contributed by atoms with Crippen molar-refractivity contribution in [1.29, 1.82) is 0 Å². The van der Waals surface area contributed by atoms with E-state index in [1.807, 2.05) is 42.7 Å². The Balaban J connectivity index is 1.73. The van der Waals surface area contributed by atoms with Crippen molar-refractivity contribution in [2.24, 2.45) is 0 Å². The van der Waals surface area contributed by atoms with Crippen molar-refractivity contribution in [2.75, 3.05) is 0 Å². The Morgan fingerprint density at radius 1 is 1.15 bits per heavy atom. The van der Waals surface area contributed by atoms with Gasteiger partial charge in [-0.2, -0.15) is 0 Å². The number of hydrogen-bond donors (Lipinski definition) is 1. The summed E-state index contributed by atoms with van der Waals surface area (Å²) in [5.74, 6) is 0. The summed E-state index contributed by atoms with van der Waals surface area (Å²) in [6.45, 7) is 2.90. The average molecular weight is 286 g/mol. The van der Waals surface area contributed by atoms with Crippen LogP contribution in [-0.4, -0.2) is 0 Å². The van der Waals surface area contributed by atoms with Gasteiger partial charge < -0.3 is 9.73 Å². The number of benzene rings is 2. The third kappa shape index (κ3) is 2.72. The minimum absolute atomic E-state index is 0.238. The highest BCUT2D eigenvalue weighted by atomic mass is 35.5. The molecule has 0 spiro atoms. The number of nitrogens with one attached hydrogen (secondary N) is 1. The van der Waals surface area contributed by atoms with E-state index >= 15 is 0 Å². The lowest BCUT2D eigenvalue weighted by Crippen LogP contribution is -2.17. The lowest BCUT2D eigenvalue weighted by Gasteiger charge is -2.14. The molecule has 0 bridgehead atoms. The Hall–Kier alpha value is -1.77. The fraction of sp³-hybridized carbons (Fsp3) is 0.176. The molecule has 1 atom stereocenters. The molecule has 0 saturated heterocycles. The van der Waals surface area contributed by atoms with Crippen molar-refractivity contribution in [3.05, 3.63) is 70.9 Å². The predicted octanol–water partition coefficient (Wildman–Crippen LogP) is 4.94. The maximum atomic E-state index is 6.02. The van der Waals surface area contributed by atoms with Crippen molar-refractivity contribution in [3.8, 4) is 0 Å². The first-order chi connectivity index (χ1) is 9.74. The molecule has 0 radical (unpaired) electrons. The van der Waals surface area contributed by atoms with Crippen LogP contribution in [0.5, 0.6) is 0 Å². The zero-order valence-electron chi connectivity index (χ0n) is 11.3. The average Bonchev–Trinajstić information content (AvgIpc) is 2.88. The smallest absolute Gasteiger partial charge is 0.134 e. The molecule has 3 rings (SSSR count). The summed E-state index contributed by atoms with van der Waals surface area (Å²) in [5, 5.41) is 5.44. The van der Waals surface area contributed by atoms with Gasteiger partial charge in [-0.1, -0.05) is 41.9 Å². The molecular formula is C17H16ClNO. The van der Waals surface area contributed by atoms with Crippen LogP contribution in [-0.2, 0) is 6.54 Å². The Bertz CT molecular complexity index is 720. The molecule has 1 N–H and O–H groups in total. The first kappa shape index (κ1) is 13.2. The first-order valence-corrected chi connectivity index (χ1v) is 7.06. The van der Waals surface area contributed by atoms with Crippen molar-refractivity contribution < 1.29 is 4.42 Å². The summed E-state index contributed by atoms with van der Waals surface area (Å²) in [4.78, 5) is 0. The van der Waals surface area contributed by atoms with Gasteiger partial charge in [0.15, 0.2) is 0 Å². The normalized spacial score (nSPS) is 12.7. The van der Waals surface area contributed by atoms with Gasteiger partial charge in [0.2, 0.25) is 0 Å². The molecule has 0 amide bonds. The quantitative estimate of drug-likeness (QED) is 0.735. The van der Waals surface area contributed by atoms with Crippen molar-refractivity contribution in [1.82, 2.24) is 5.32 Å². The second kappa shape index (κ2) is 5.70. The fourth-order valence-corrected chi connectivity index (χ4v) is 2.53. The number of fused-ring (bicyclic) bond motifs is 1. The zero-order chi connectivity index (χ0) is 13.9. The Morgan fingerprint density at radius 3 is 2.85 bits per heavy atom. The van der Waals surface area contributed by atoms with E-state index in [0.29, 0.717) is 0 Å². The molecule has 2 aromatic carbocycles. The molecule has 1 aromatic heterocycles. The van der Waals surface area contributed by atoms with Gasteiger partial charge in [-0.05, 0) is 30.7 Å². The van der Waals surface area contributed by atoms with Crippen LogP contribution in [0, 0.1) is 0 Å². The Morgan fingerprint density at radius 2 is 2.00 bits per heavy atom. The minimum atomic E-state index is 0.238. The molecule has 1 heterocycles. The molecule has 0 saturated carbocycles. The van der Waals surface area contributed by atoms with Crippen LogP contribution < -0.4 is 5.32 Å². The van der Waals surface area contributed by atoms with Crippen molar-refractivity contribution in [2.45, 2.75) is 19.5 Å². The van der Waals surface area contributed by atoms with Crippen LogP contribution in [0.1, 0.15) is 24.1 Å². The second-order valence-corrected chi connectivity index (χ2v) is 5.35. The van der Waals surface area contributed by atoms with E-state index in [1.165, 1.54) is 16.5 Å². The summed E-state index contributed by atoms with van der Waals surface area (Å²) in [5.41, 5.74) is 3.29. The summed E-state index contributed by atoms with van der Waals surface area (Å²) in [6, 6.07) is 16.3. The van der Waals surface area contributed by atoms with Gasteiger partial charge >= 0.3 is 0 Å². The molecular weight excluding hydrogens is 270 g/mol. The highest BCUT2D eigenvalue weighted by molar-refractivity contribution is 6.30. The fourth-order valence-electron chi connectivity index (χ4n) is 2.33. The molecule has 102 valence electrons. The topological polar surface area (TPSA) is 25.2 Å². The van der Waals surface area contributed by atoms with Gasteiger partial charge in [0.05, 0.1) is 6.26 Å². The van der Waals surface area contributed by atoms with E-state index in [2.05, 4.69) is 24.4 Å². The summed E-state index contributed by atoms with van der Waals surface area (Å²) in [7, 11) is 0. The number of hydrogen-bond acceptors (Lipinski definition) is 2. The molecule has 3 aromatic rings. The van der Waals surface area contributed by atoms with E-state index in [-0.39, 0.29) is 6.04 Å². The van der Waals surface area contributed by atoms with Crippen LogP contribution in [0.25, 0.3) is 11.0 Å². The predicted molar refractivity (Wildman–Crippen MR) is 82.9 cm³/mol. The van der Waals surface area contributed by atoms with Gasteiger partial charge in [-0.25, -0.2) is 0 Å². The highest BCUT2D eigenvalue weighted by Crippen LogP contribution is 2.22. The van der Waals surface area contributed by atoms with Gasteiger partial charge in [0.1, 0.15) is 5.58 Å². The van der Waals surface area contributed by atoms with Crippen LogP contribution in [0.3, 0.4) is 0 Å². The van der Waals surface area contributed by atoms with Crippen molar-refractivity contribution in [3.63, 3.8) is 0 Å². The molecule has 0 aliphatic carbocycles. The largest absolute Gasteiger partial charge is 0.464 e. The minimum Gasteiger partial charge on any atom is -0.464 e. The highest BCUT2D eigenvalue weighted by Gasteiger charge is 2.08. The Kier molecular flexibility index (Phi) is 3.77. The second-order valence-electron chi connectivity index (χ2n) is 4.91. The summed E-state index contributed by atoms with van der Waals surface area (Å²) >= 11 is 6.02. The molecule has 0 fully saturated rings. The summed E-state index contributed by atoms with van der Waals surface area (Å²) in [6.07, 6.45) is 1.82. The first-order valence-electron chi connectivity index (χ1n) is 6.68. The molecule has 20 heavy (non-hydrogen) atoms. The Labute approximate surface area is 123 Å². The van der Waals surface area contributed by atoms with E-state index in [0.717, 1.165) is 17.2 Å². The standard InChI is InChI=1S/C17H16ClNO/c1-12(13-5-4-6-15(18)9-13)19-10-14-11-20-17-8-3-2-7-16(14)17/h2-9,11-12,19H,10H2,1H3. The van der Waals surface area contributed by atoms with Crippen LogP contribution in [0.4, 0.5) is 0 Å². The monoisotopic (exact) mass is 285 g/mol. The third-order valence-corrected chi connectivity index (χ3v) is 3.74. The molecule has 3 heteroatoms. The molecule has 0 aliphatic heterocycles. The maximum absolute atomic E-state index is 6.02. The molecule has 0 aliphatic rings. The van der Waals surface area contributed by atoms with Crippen LogP contribution in [0.15, 0.2) is 59.2 Å². The SMILES string of the molecule is CC(NCc1coc2ccccc12)c1cccc(Cl)c1. The maximum Gasteiger partial charge on any atom is 0.134 e. The number of halogens is 1. The lowest BCUT2D eigenvalue weighted by molar-refractivity contribution is 0.562. The van der Waals surface area contributed by atoms with E-state index in [1.54, 1.807) is 0 Å². The van der Waals surface area contributed by atoms with Crippen LogP contribution >= 0.6 is 11.6 Å². The third-order valence-electron chi connectivity index (χ3n) is 3.51. The van der Waals surface area contributed by atoms with Gasteiger partial charge in [0.25, 0.3) is 0 Å². The van der Waals surface area contributed by atoms with Crippen LogP contribution in [0.2, 0.25) is 5.02 Å². The number of rotatable bonds is 4. The molecule has 2 nitrogen and oxygen atoms in total. The van der Waals surface area contributed by atoms with Gasteiger partial charge in [-0.15, -0.1) is 0 Å². The number of para-hydroxylation sites is 1. The van der Waals surface area contributed by atoms with Gasteiger partial charge in [0, 0.05) is 28.6 Å². The lowest BCUT2D eigenvalue weighted by atomic mass is 10.1. The van der Waals surface area contributed by atoms with E-state index in [4.69, 9.17) is 16.0 Å². The van der Waals surface area contributed by atoms with Gasteiger partial charge in [-0.3, -0.25) is 0 Å². The van der Waals surface area contributed by atoms with Crippen molar-refractivity contribution >= 4 is 22.6 Å². The van der Waals surface area contributed by atoms with E-state index in [9.17, 15) is 0 Å². The number of furan rings is 1.